The van der Waals surface area contributed by atoms with Crippen molar-refractivity contribution in [2.45, 2.75) is 31.2 Å². The van der Waals surface area contributed by atoms with E-state index in [2.05, 4.69) is 31.1 Å². The average Bonchev–Trinajstić information content (AvgIpc) is 2.26. The summed E-state index contributed by atoms with van der Waals surface area (Å²) in [6.07, 6.45) is 2.81. The summed E-state index contributed by atoms with van der Waals surface area (Å²) in [6.45, 7) is 7.73. The first-order valence-electron chi connectivity index (χ1n) is 6.22. The van der Waals surface area contributed by atoms with Crippen molar-refractivity contribution in [3.8, 4) is 0 Å². The van der Waals surface area contributed by atoms with E-state index in [0.717, 1.165) is 6.54 Å². The number of hydrogen-bond acceptors (Lipinski definition) is 5. The monoisotopic (exact) mass is 285 g/mol. The Labute approximate surface area is 116 Å². The second-order valence-corrected chi connectivity index (χ2v) is 7.68. The molecule has 0 aliphatic rings. The van der Waals surface area contributed by atoms with Gasteiger partial charge in [0.2, 0.25) is 0 Å². The molecule has 108 valence electrons. The summed E-state index contributed by atoms with van der Waals surface area (Å²) < 4.78 is 23.4. The lowest BCUT2D eigenvalue weighted by Gasteiger charge is -2.25. The maximum Gasteiger partial charge on any atom is 0.179 e. The van der Waals surface area contributed by atoms with Crippen LogP contribution in [-0.4, -0.2) is 45.3 Å². The molecule has 0 unspecified atom stereocenters. The first-order valence-corrected chi connectivity index (χ1v) is 8.11. The summed E-state index contributed by atoms with van der Waals surface area (Å²) >= 11 is 0. The normalized spacial score (nSPS) is 12.5. The standard InChI is InChI=1S/C13H23N3O2S/c1-13(2,3)15-9-10-16(4)12-11(19(5,17)18)7-6-8-14-12/h6-8,15H,9-10H2,1-5H3. The molecule has 1 heterocycles. The molecule has 6 heteroatoms. The van der Waals surface area contributed by atoms with Gasteiger partial charge in [-0.05, 0) is 32.9 Å². The SMILES string of the molecule is CN(CCNC(C)(C)C)c1ncccc1S(C)(=O)=O. The quantitative estimate of drug-likeness (QED) is 0.884. The minimum Gasteiger partial charge on any atom is -0.357 e. The maximum absolute atomic E-state index is 11.7. The third kappa shape index (κ3) is 5.16. The van der Waals surface area contributed by atoms with Crippen LogP contribution in [0.4, 0.5) is 5.82 Å². The zero-order valence-electron chi connectivity index (χ0n) is 12.3. The van der Waals surface area contributed by atoms with Gasteiger partial charge in [0.25, 0.3) is 0 Å². The van der Waals surface area contributed by atoms with Gasteiger partial charge in [-0.3, -0.25) is 0 Å². The molecule has 0 saturated carbocycles. The molecule has 0 aliphatic carbocycles. The van der Waals surface area contributed by atoms with E-state index >= 15 is 0 Å². The van der Waals surface area contributed by atoms with E-state index in [1.54, 1.807) is 18.3 Å². The fourth-order valence-corrected chi connectivity index (χ4v) is 2.53. The molecule has 1 aromatic rings. The first-order chi connectivity index (χ1) is 8.61. The molecule has 5 nitrogen and oxygen atoms in total. The van der Waals surface area contributed by atoms with Crippen molar-refractivity contribution in [2.75, 3.05) is 31.3 Å². The number of hydrogen-bond donors (Lipinski definition) is 1. The zero-order valence-corrected chi connectivity index (χ0v) is 13.1. The van der Waals surface area contributed by atoms with Crippen molar-refractivity contribution in [2.24, 2.45) is 0 Å². The van der Waals surface area contributed by atoms with Crippen molar-refractivity contribution < 1.29 is 8.42 Å². The smallest absolute Gasteiger partial charge is 0.179 e. The van der Waals surface area contributed by atoms with Gasteiger partial charge in [-0.25, -0.2) is 13.4 Å². The Bertz CT molecular complexity index is 521. The Hall–Kier alpha value is -1.14. The highest BCUT2D eigenvalue weighted by atomic mass is 32.2. The van der Waals surface area contributed by atoms with Gasteiger partial charge >= 0.3 is 0 Å². The number of rotatable bonds is 5. The maximum atomic E-state index is 11.7. The van der Waals surface area contributed by atoms with Crippen LogP contribution in [-0.2, 0) is 9.84 Å². The van der Waals surface area contributed by atoms with E-state index < -0.39 is 9.84 Å². The Balaban J connectivity index is 2.81. The Kier molecular flexibility index (Phi) is 4.92. The highest BCUT2D eigenvalue weighted by Gasteiger charge is 2.17. The zero-order chi connectivity index (χ0) is 14.7. The van der Waals surface area contributed by atoms with Crippen LogP contribution in [0.15, 0.2) is 23.2 Å². The third-order valence-corrected chi connectivity index (χ3v) is 3.73. The van der Waals surface area contributed by atoms with Crippen molar-refractivity contribution in [3.05, 3.63) is 18.3 Å². The summed E-state index contributed by atoms with van der Waals surface area (Å²) in [5, 5.41) is 3.36. The molecule has 0 bridgehead atoms. The van der Waals surface area contributed by atoms with Gasteiger partial charge in [0, 0.05) is 38.1 Å². The summed E-state index contributed by atoms with van der Waals surface area (Å²) in [6, 6.07) is 3.23. The Morgan fingerprint density at radius 2 is 2.00 bits per heavy atom. The van der Waals surface area contributed by atoms with Gasteiger partial charge in [-0.1, -0.05) is 0 Å². The average molecular weight is 285 g/mol. The highest BCUT2D eigenvalue weighted by molar-refractivity contribution is 7.90. The number of nitrogens with zero attached hydrogens (tertiary/aromatic N) is 2. The van der Waals surface area contributed by atoms with Crippen molar-refractivity contribution >= 4 is 15.7 Å². The predicted octanol–water partition coefficient (Wildman–Crippen LogP) is 1.31. The molecule has 1 rings (SSSR count). The van der Waals surface area contributed by atoms with Crippen LogP contribution in [0.3, 0.4) is 0 Å². The molecule has 0 fully saturated rings. The van der Waals surface area contributed by atoms with E-state index in [4.69, 9.17) is 0 Å². The molecule has 0 spiro atoms. The fourth-order valence-electron chi connectivity index (χ4n) is 1.66. The number of sulfone groups is 1. The van der Waals surface area contributed by atoms with Gasteiger partial charge in [0.1, 0.15) is 10.7 Å². The summed E-state index contributed by atoms with van der Waals surface area (Å²) in [5.41, 5.74) is 0.0462. The van der Waals surface area contributed by atoms with Crippen LogP contribution in [0.1, 0.15) is 20.8 Å². The van der Waals surface area contributed by atoms with E-state index in [-0.39, 0.29) is 10.4 Å². The molecular formula is C13H23N3O2S. The van der Waals surface area contributed by atoms with Crippen LogP contribution < -0.4 is 10.2 Å². The molecule has 1 aromatic heterocycles. The van der Waals surface area contributed by atoms with Crippen molar-refractivity contribution in [1.82, 2.24) is 10.3 Å². The highest BCUT2D eigenvalue weighted by Crippen LogP contribution is 2.20. The van der Waals surface area contributed by atoms with E-state index in [1.165, 1.54) is 6.26 Å². The molecule has 0 saturated heterocycles. The summed E-state index contributed by atoms with van der Waals surface area (Å²) in [7, 11) is -1.41. The topological polar surface area (TPSA) is 62.3 Å². The van der Waals surface area contributed by atoms with Gasteiger partial charge in [-0.2, -0.15) is 0 Å². The molecule has 1 N–H and O–H groups in total. The number of aromatic nitrogens is 1. The van der Waals surface area contributed by atoms with Crippen LogP contribution in [0.2, 0.25) is 0 Å². The molecule has 0 aromatic carbocycles. The van der Waals surface area contributed by atoms with Gasteiger partial charge in [-0.15, -0.1) is 0 Å². The molecule has 19 heavy (non-hydrogen) atoms. The molecule has 0 atom stereocenters. The molecule has 0 amide bonds. The number of nitrogens with one attached hydrogen (secondary N) is 1. The summed E-state index contributed by atoms with van der Waals surface area (Å²) in [4.78, 5) is 6.31. The van der Waals surface area contributed by atoms with Crippen molar-refractivity contribution in [3.63, 3.8) is 0 Å². The first kappa shape index (κ1) is 15.9. The van der Waals surface area contributed by atoms with E-state index in [9.17, 15) is 8.42 Å². The van der Waals surface area contributed by atoms with E-state index in [0.29, 0.717) is 12.4 Å². The van der Waals surface area contributed by atoms with Gasteiger partial charge in [0.05, 0.1) is 0 Å². The number of likely N-dealkylation sites (N-methyl/N-ethyl adjacent to an activating group) is 1. The fraction of sp³-hybridized carbons (Fsp3) is 0.615. The lowest BCUT2D eigenvalue weighted by Crippen LogP contribution is -2.41. The van der Waals surface area contributed by atoms with Crippen LogP contribution >= 0.6 is 0 Å². The Morgan fingerprint density at radius 3 is 2.53 bits per heavy atom. The largest absolute Gasteiger partial charge is 0.357 e. The van der Waals surface area contributed by atoms with Crippen LogP contribution in [0.5, 0.6) is 0 Å². The van der Waals surface area contributed by atoms with Crippen molar-refractivity contribution in [1.29, 1.82) is 0 Å². The minimum absolute atomic E-state index is 0.0462. The van der Waals surface area contributed by atoms with Gasteiger partial charge < -0.3 is 10.2 Å². The third-order valence-electron chi connectivity index (χ3n) is 2.61. The predicted molar refractivity (Wildman–Crippen MR) is 78.4 cm³/mol. The second-order valence-electron chi connectivity index (χ2n) is 5.70. The molecule has 0 radical (unpaired) electrons. The van der Waals surface area contributed by atoms with E-state index in [1.807, 2.05) is 11.9 Å². The molecule has 0 aliphatic heterocycles. The number of pyridine rings is 1. The lowest BCUT2D eigenvalue weighted by atomic mass is 10.1. The van der Waals surface area contributed by atoms with Crippen LogP contribution in [0.25, 0.3) is 0 Å². The molecular weight excluding hydrogens is 262 g/mol. The second kappa shape index (κ2) is 5.88. The number of anilines is 1. The van der Waals surface area contributed by atoms with Gasteiger partial charge in [0.15, 0.2) is 9.84 Å². The summed E-state index contributed by atoms with van der Waals surface area (Å²) in [5.74, 6) is 0.501. The van der Waals surface area contributed by atoms with Crippen LogP contribution in [0, 0.1) is 0 Å². The minimum atomic E-state index is -3.26. The Morgan fingerprint density at radius 1 is 1.37 bits per heavy atom. The lowest BCUT2D eigenvalue weighted by molar-refractivity contribution is 0.430.